The van der Waals surface area contributed by atoms with Gasteiger partial charge in [0.1, 0.15) is 6.10 Å². The van der Waals surface area contributed by atoms with Crippen LogP contribution in [0.1, 0.15) is 6.92 Å². The SMILES string of the molecule is CC(=S)NCC1CN(c2ccc(O)c(=O)cc2)C(=O)O1. The molecule has 0 aromatic heterocycles. The molecule has 2 N–H and O–H groups in total. The van der Waals surface area contributed by atoms with Crippen molar-refractivity contribution < 1.29 is 14.6 Å². The molecule has 1 heterocycles. The van der Waals surface area contributed by atoms with E-state index in [1.54, 1.807) is 6.92 Å². The van der Waals surface area contributed by atoms with E-state index in [0.717, 1.165) is 0 Å². The summed E-state index contributed by atoms with van der Waals surface area (Å²) in [5.74, 6) is -0.363. The van der Waals surface area contributed by atoms with E-state index in [1.165, 1.54) is 29.2 Å². The van der Waals surface area contributed by atoms with Gasteiger partial charge in [0.25, 0.3) is 0 Å². The monoisotopic (exact) mass is 294 g/mol. The number of carbonyl (C=O) groups excluding carboxylic acids is 1. The fraction of sp³-hybridized carbons (Fsp3) is 0.308. The Labute approximate surface area is 121 Å². The molecule has 1 amide bonds. The molecular formula is C13H14N2O4S. The predicted molar refractivity (Wildman–Crippen MR) is 78.3 cm³/mol. The van der Waals surface area contributed by atoms with Gasteiger partial charge in [-0.25, -0.2) is 4.79 Å². The summed E-state index contributed by atoms with van der Waals surface area (Å²) < 4.78 is 5.19. The van der Waals surface area contributed by atoms with Gasteiger partial charge < -0.3 is 15.2 Å². The van der Waals surface area contributed by atoms with Crippen LogP contribution < -0.4 is 15.6 Å². The molecule has 7 heteroatoms. The summed E-state index contributed by atoms with van der Waals surface area (Å²) in [6.45, 7) is 2.54. The minimum absolute atomic E-state index is 0.314. The predicted octanol–water partition coefficient (Wildman–Crippen LogP) is 1.01. The van der Waals surface area contributed by atoms with Gasteiger partial charge in [0.15, 0.2) is 5.75 Å². The molecule has 1 aromatic carbocycles. The van der Waals surface area contributed by atoms with Crippen LogP contribution in [-0.4, -0.2) is 35.4 Å². The lowest BCUT2D eigenvalue weighted by molar-refractivity contribution is 0.143. The molecule has 0 aliphatic carbocycles. The van der Waals surface area contributed by atoms with Crippen molar-refractivity contribution in [2.45, 2.75) is 13.0 Å². The van der Waals surface area contributed by atoms with E-state index in [-0.39, 0.29) is 11.9 Å². The maximum Gasteiger partial charge on any atom is 0.414 e. The Morgan fingerprint density at radius 3 is 2.85 bits per heavy atom. The summed E-state index contributed by atoms with van der Waals surface area (Å²) in [5, 5.41) is 12.3. The van der Waals surface area contributed by atoms with Crippen LogP contribution in [0.25, 0.3) is 0 Å². The summed E-state index contributed by atoms with van der Waals surface area (Å²) in [7, 11) is 0. The average Bonchev–Trinajstić information content (AvgIpc) is 2.68. The largest absolute Gasteiger partial charge is 0.504 e. The van der Waals surface area contributed by atoms with Crippen molar-refractivity contribution in [3.63, 3.8) is 0 Å². The van der Waals surface area contributed by atoms with Crippen LogP contribution in [0.4, 0.5) is 10.5 Å². The minimum atomic E-state index is -0.502. The molecule has 1 saturated heterocycles. The first-order chi connectivity index (χ1) is 9.47. The highest BCUT2D eigenvalue weighted by Gasteiger charge is 2.32. The Hall–Kier alpha value is -2.15. The van der Waals surface area contributed by atoms with Crippen molar-refractivity contribution in [2.75, 3.05) is 18.0 Å². The molecular weight excluding hydrogens is 280 g/mol. The Morgan fingerprint density at radius 2 is 2.15 bits per heavy atom. The number of anilines is 1. The molecule has 0 saturated carbocycles. The molecule has 0 bridgehead atoms. The van der Waals surface area contributed by atoms with Crippen molar-refractivity contribution in [1.82, 2.24) is 5.32 Å². The molecule has 0 spiro atoms. The fourth-order valence-electron chi connectivity index (χ4n) is 1.82. The van der Waals surface area contributed by atoms with Gasteiger partial charge in [-0.05, 0) is 31.2 Å². The fourth-order valence-corrected chi connectivity index (χ4v) is 1.91. The molecule has 2 rings (SSSR count). The van der Waals surface area contributed by atoms with E-state index in [4.69, 9.17) is 17.0 Å². The average molecular weight is 294 g/mol. The molecule has 6 nitrogen and oxygen atoms in total. The van der Waals surface area contributed by atoms with Gasteiger partial charge in [0, 0.05) is 5.69 Å². The second kappa shape index (κ2) is 5.87. The number of nitrogens with one attached hydrogen (secondary N) is 1. The summed E-state index contributed by atoms with van der Waals surface area (Å²) >= 11 is 4.90. The third kappa shape index (κ3) is 3.24. The molecule has 1 aliphatic rings. The lowest BCUT2D eigenvalue weighted by Gasteiger charge is -2.11. The number of carbonyl (C=O) groups is 1. The van der Waals surface area contributed by atoms with Crippen LogP contribution >= 0.6 is 12.2 Å². The maximum absolute atomic E-state index is 11.8. The highest BCUT2D eigenvalue weighted by atomic mass is 32.1. The van der Waals surface area contributed by atoms with Gasteiger partial charge in [-0.15, -0.1) is 0 Å². The van der Waals surface area contributed by atoms with E-state index in [0.29, 0.717) is 23.8 Å². The Morgan fingerprint density at radius 1 is 1.45 bits per heavy atom. The van der Waals surface area contributed by atoms with Crippen LogP contribution in [0.2, 0.25) is 0 Å². The van der Waals surface area contributed by atoms with Crippen molar-refractivity contribution in [3.8, 4) is 5.75 Å². The number of thiocarbonyl (C=S) groups is 1. The molecule has 1 aromatic rings. The zero-order chi connectivity index (χ0) is 14.7. The number of ether oxygens (including phenoxy) is 1. The first-order valence-corrected chi connectivity index (χ1v) is 6.44. The quantitative estimate of drug-likeness (QED) is 0.810. The van der Waals surface area contributed by atoms with E-state index in [2.05, 4.69) is 5.32 Å². The maximum atomic E-state index is 11.8. The number of nitrogens with zero attached hydrogens (tertiary/aromatic N) is 1. The van der Waals surface area contributed by atoms with Crippen LogP contribution in [-0.2, 0) is 4.74 Å². The lowest BCUT2D eigenvalue weighted by atomic mass is 10.3. The van der Waals surface area contributed by atoms with Crippen LogP contribution in [0.3, 0.4) is 0 Å². The molecule has 1 atom stereocenters. The zero-order valence-electron chi connectivity index (χ0n) is 10.8. The second-order valence-corrected chi connectivity index (χ2v) is 5.01. The Bertz CT molecular complexity index is 605. The van der Waals surface area contributed by atoms with Gasteiger partial charge in [-0.2, -0.15) is 0 Å². The molecule has 106 valence electrons. The third-order valence-electron chi connectivity index (χ3n) is 2.83. The number of hydrogen-bond donors (Lipinski definition) is 2. The van der Waals surface area contributed by atoms with Gasteiger partial charge >= 0.3 is 6.09 Å². The first-order valence-electron chi connectivity index (χ1n) is 6.03. The standard InChI is InChI=1S/C13H14N2O4S/c1-8(20)14-6-10-7-15(13(18)19-10)9-2-4-11(16)12(17)5-3-9/h2-5,10H,6-7H2,1H3,(H,14,20)(H,16,17). The first kappa shape index (κ1) is 14.3. The zero-order valence-corrected chi connectivity index (χ0v) is 11.6. The van der Waals surface area contributed by atoms with Crippen LogP contribution in [0, 0.1) is 0 Å². The summed E-state index contributed by atoms with van der Waals surface area (Å²) in [6.07, 6.45) is -0.803. The molecule has 1 unspecified atom stereocenters. The van der Waals surface area contributed by atoms with Gasteiger partial charge in [0.2, 0.25) is 5.43 Å². The summed E-state index contributed by atoms with van der Waals surface area (Å²) in [4.78, 5) is 25.1. The molecule has 20 heavy (non-hydrogen) atoms. The number of rotatable bonds is 3. The lowest BCUT2D eigenvalue weighted by Crippen LogP contribution is -2.32. The topological polar surface area (TPSA) is 78.9 Å². The van der Waals surface area contributed by atoms with E-state index >= 15 is 0 Å². The van der Waals surface area contributed by atoms with Gasteiger partial charge in [-0.1, -0.05) is 12.2 Å². The number of hydrogen-bond acceptors (Lipinski definition) is 5. The number of cyclic esters (lactones) is 1. The van der Waals surface area contributed by atoms with Crippen molar-refractivity contribution in [3.05, 3.63) is 34.5 Å². The summed E-state index contributed by atoms with van der Waals surface area (Å²) in [6, 6.07) is 5.45. The number of amides is 1. The Balaban J connectivity index is 2.14. The van der Waals surface area contributed by atoms with Gasteiger partial charge in [-0.3, -0.25) is 9.69 Å². The van der Waals surface area contributed by atoms with Crippen molar-refractivity contribution in [1.29, 1.82) is 0 Å². The van der Waals surface area contributed by atoms with Crippen LogP contribution in [0.15, 0.2) is 29.1 Å². The van der Waals surface area contributed by atoms with E-state index in [1.807, 2.05) is 0 Å². The van der Waals surface area contributed by atoms with E-state index < -0.39 is 11.5 Å². The Kier molecular flexibility index (Phi) is 4.19. The smallest absolute Gasteiger partial charge is 0.414 e. The molecule has 1 aliphatic heterocycles. The third-order valence-corrected chi connectivity index (χ3v) is 2.98. The van der Waals surface area contributed by atoms with Crippen molar-refractivity contribution >= 4 is 29.0 Å². The summed E-state index contributed by atoms with van der Waals surface area (Å²) in [5.41, 5.74) is -0.00709. The molecule has 0 radical (unpaired) electrons. The number of aromatic hydroxyl groups is 1. The van der Waals surface area contributed by atoms with Gasteiger partial charge in [0.05, 0.1) is 18.1 Å². The highest BCUT2D eigenvalue weighted by Crippen LogP contribution is 2.20. The minimum Gasteiger partial charge on any atom is -0.504 e. The normalized spacial score (nSPS) is 17.8. The van der Waals surface area contributed by atoms with E-state index in [9.17, 15) is 14.7 Å². The van der Waals surface area contributed by atoms with Crippen LogP contribution in [0.5, 0.6) is 5.75 Å². The highest BCUT2D eigenvalue weighted by molar-refractivity contribution is 7.80. The van der Waals surface area contributed by atoms with Crippen molar-refractivity contribution in [2.24, 2.45) is 0 Å². The molecule has 1 fully saturated rings. The second-order valence-electron chi connectivity index (χ2n) is 4.39.